The molecule has 1 N–H and O–H groups in total. The number of ether oxygens (including phenoxy) is 1. The van der Waals surface area contributed by atoms with Gasteiger partial charge in [-0.3, -0.25) is 9.48 Å². The van der Waals surface area contributed by atoms with Crippen molar-refractivity contribution in [1.29, 1.82) is 0 Å². The molecular weight excluding hydrogens is 461 g/mol. The lowest BCUT2D eigenvalue weighted by Gasteiger charge is -2.06. The molecule has 0 bridgehead atoms. The largest absolute Gasteiger partial charge is 0.491 e. The summed E-state index contributed by atoms with van der Waals surface area (Å²) >= 11 is 0. The van der Waals surface area contributed by atoms with Crippen LogP contribution in [0.15, 0.2) is 60.9 Å². The molecule has 0 saturated heterocycles. The third kappa shape index (κ3) is 4.19. The van der Waals surface area contributed by atoms with Crippen LogP contribution in [0.1, 0.15) is 10.4 Å². The Morgan fingerprint density at radius 2 is 1.69 bits per heavy atom. The fourth-order valence-electron chi connectivity index (χ4n) is 3.66. The highest BCUT2D eigenvalue weighted by Crippen LogP contribution is 2.30. The first-order chi connectivity index (χ1) is 16.8. The standard InChI is InChI=1S/C24H17F3N6O2/c1-32-11-16(22(31-32)13-3-5-15(25)6-4-13)19-7-8-21-28-20(12-33(21)30-19)29-24(34)14-9-17(26)23(35-2)18(27)10-14/h3-12H,1-2H3,(H,29,34). The summed E-state index contributed by atoms with van der Waals surface area (Å²) in [6.45, 7) is 0. The molecule has 5 rings (SSSR count). The lowest BCUT2D eigenvalue weighted by molar-refractivity contribution is 0.102. The van der Waals surface area contributed by atoms with Gasteiger partial charge in [0.05, 0.1) is 19.0 Å². The normalized spacial score (nSPS) is 11.1. The van der Waals surface area contributed by atoms with Gasteiger partial charge in [-0.05, 0) is 48.5 Å². The van der Waals surface area contributed by atoms with Gasteiger partial charge in [-0.1, -0.05) is 0 Å². The van der Waals surface area contributed by atoms with Crippen molar-refractivity contribution in [3.8, 4) is 28.3 Å². The van der Waals surface area contributed by atoms with Gasteiger partial charge in [0.1, 0.15) is 11.5 Å². The Morgan fingerprint density at radius 1 is 0.971 bits per heavy atom. The van der Waals surface area contributed by atoms with E-state index in [2.05, 4.69) is 25.2 Å². The molecule has 0 unspecified atom stereocenters. The van der Waals surface area contributed by atoms with Crippen molar-refractivity contribution < 1.29 is 22.7 Å². The Balaban J connectivity index is 1.45. The highest BCUT2D eigenvalue weighted by Gasteiger charge is 2.18. The van der Waals surface area contributed by atoms with E-state index in [1.54, 1.807) is 42.2 Å². The number of amides is 1. The highest BCUT2D eigenvalue weighted by molar-refractivity contribution is 6.04. The fraction of sp³-hybridized carbons (Fsp3) is 0.0833. The third-order valence-electron chi connectivity index (χ3n) is 5.25. The van der Waals surface area contributed by atoms with E-state index in [0.717, 1.165) is 24.8 Å². The summed E-state index contributed by atoms with van der Waals surface area (Å²) in [6, 6.07) is 11.2. The molecule has 0 atom stereocenters. The molecule has 0 aliphatic carbocycles. The van der Waals surface area contributed by atoms with Crippen molar-refractivity contribution >= 4 is 17.4 Å². The van der Waals surface area contributed by atoms with Crippen molar-refractivity contribution in [2.45, 2.75) is 0 Å². The van der Waals surface area contributed by atoms with Crippen LogP contribution in [0.3, 0.4) is 0 Å². The van der Waals surface area contributed by atoms with Gasteiger partial charge in [-0.25, -0.2) is 22.7 Å². The topological polar surface area (TPSA) is 86.3 Å². The molecule has 11 heteroatoms. The van der Waals surface area contributed by atoms with Crippen molar-refractivity contribution in [1.82, 2.24) is 24.4 Å². The molecule has 1 amide bonds. The van der Waals surface area contributed by atoms with Crippen LogP contribution >= 0.6 is 0 Å². The molecule has 176 valence electrons. The Morgan fingerprint density at radius 3 is 2.37 bits per heavy atom. The van der Waals surface area contributed by atoms with Gasteiger partial charge in [0.2, 0.25) is 0 Å². The molecule has 0 aliphatic heterocycles. The number of aromatic nitrogens is 5. The lowest BCUT2D eigenvalue weighted by atomic mass is 10.1. The average Bonchev–Trinajstić information content (AvgIpc) is 3.41. The van der Waals surface area contributed by atoms with E-state index in [4.69, 9.17) is 0 Å². The van der Waals surface area contributed by atoms with Gasteiger partial charge in [0.15, 0.2) is 28.8 Å². The van der Waals surface area contributed by atoms with Gasteiger partial charge in [-0.2, -0.15) is 10.2 Å². The molecule has 35 heavy (non-hydrogen) atoms. The number of anilines is 1. The van der Waals surface area contributed by atoms with E-state index in [1.807, 2.05) is 0 Å². The molecule has 2 aromatic carbocycles. The van der Waals surface area contributed by atoms with E-state index >= 15 is 0 Å². The average molecular weight is 478 g/mol. The third-order valence-corrected chi connectivity index (χ3v) is 5.25. The zero-order valence-corrected chi connectivity index (χ0v) is 18.5. The molecule has 0 aliphatic rings. The minimum Gasteiger partial charge on any atom is -0.491 e. The number of rotatable bonds is 5. The van der Waals surface area contributed by atoms with Crippen LogP contribution in [-0.4, -0.2) is 37.4 Å². The van der Waals surface area contributed by atoms with Crippen molar-refractivity contribution in [2.75, 3.05) is 12.4 Å². The second-order valence-corrected chi connectivity index (χ2v) is 7.65. The SMILES string of the molecule is COc1c(F)cc(C(=O)Nc2cn3nc(-c4cn(C)nc4-c4ccc(F)cc4)ccc3n2)cc1F. The lowest BCUT2D eigenvalue weighted by Crippen LogP contribution is -2.13. The molecule has 3 heterocycles. The summed E-state index contributed by atoms with van der Waals surface area (Å²) < 4.78 is 49.0. The summed E-state index contributed by atoms with van der Waals surface area (Å²) in [7, 11) is 2.90. The second-order valence-electron chi connectivity index (χ2n) is 7.65. The van der Waals surface area contributed by atoms with Crippen LogP contribution in [0.4, 0.5) is 19.0 Å². The first-order valence-corrected chi connectivity index (χ1v) is 10.3. The number of nitrogens with one attached hydrogen (secondary N) is 1. The molecule has 3 aromatic heterocycles. The quantitative estimate of drug-likeness (QED) is 0.403. The Labute approximate surface area is 196 Å². The maximum atomic E-state index is 14.0. The monoisotopic (exact) mass is 478 g/mol. The van der Waals surface area contributed by atoms with Gasteiger partial charge in [0.25, 0.3) is 5.91 Å². The number of methoxy groups -OCH3 is 1. The molecule has 8 nitrogen and oxygen atoms in total. The molecular formula is C24H17F3N6O2. The Kier molecular flexibility index (Phi) is 5.44. The van der Waals surface area contributed by atoms with Gasteiger partial charge >= 0.3 is 0 Å². The zero-order valence-electron chi connectivity index (χ0n) is 18.5. The summed E-state index contributed by atoms with van der Waals surface area (Å²) in [4.78, 5) is 16.8. The zero-order chi connectivity index (χ0) is 24.7. The van der Waals surface area contributed by atoms with Crippen LogP contribution in [0.5, 0.6) is 5.75 Å². The van der Waals surface area contributed by atoms with Crippen LogP contribution < -0.4 is 10.1 Å². The second kappa shape index (κ2) is 8.60. The minimum atomic E-state index is -0.993. The van der Waals surface area contributed by atoms with Crippen LogP contribution in [-0.2, 0) is 7.05 Å². The first-order valence-electron chi connectivity index (χ1n) is 10.3. The van der Waals surface area contributed by atoms with E-state index in [0.29, 0.717) is 22.6 Å². The van der Waals surface area contributed by atoms with Crippen LogP contribution in [0.2, 0.25) is 0 Å². The maximum Gasteiger partial charge on any atom is 0.257 e. The number of hydrogen-bond donors (Lipinski definition) is 1. The summed E-state index contributed by atoms with van der Waals surface area (Å²) in [5, 5.41) is 11.5. The number of benzene rings is 2. The summed E-state index contributed by atoms with van der Waals surface area (Å²) in [5.41, 5.74) is 2.83. The molecule has 0 saturated carbocycles. The number of carbonyl (C=O) groups excluding carboxylic acids is 1. The number of imidazole rings is 1. The molecule has 5 aromatic rings. The van der Waals surface area contributed by atoms with E-state index in [-0.39, 0.29) is 17.2 Å². The van der Waals surface area contributed by atoms with Crippen LogP contribution in [0, 0.1) is 17.5 Å². The Bertz CT molecular complexity index is 1550. The maximum absolute atomic E-state index is 14.0. The fourth-order valence-corrected chi connectivity index (χ4v) is 3.66. The predicted molar refractivity (Wildman–Crippen MR) is 121 cm³/mol. The first kappa shape index (κ1) is 22.1. The summed E-state index contributed by atoms with van der Waals surface area (Å²) in [6.07, 6.45) is 3.26. The van der Waals surface area contributed by atoms with Crippen molar-refractivity contribution in [2.24, 2.45) is 7.05 Å². The minimum absolute atomic E-state index is 0.140. The van der Waals surface area contributed by atoms with Gasteiger partial charge < -0.3 is 10.1 Å². The molecule has 0 spiro atoms. The van der Waals surface area contributed by atoms with Gasteiger partial charge in [-0.15, -0.1) is 0 Å². The number of nitrogens with zero attached hydrogens (tertiary/aromatic N) is 5. The van der Waals surface area contributed by atoms with E-state index in [9.17, 15) is 18.0 Å². The van der Waals surface area contributed by atoms with Crippen molar-refractivity contribution in [3.63, 3.8) is 0 Å². The molecule has 0 fully saturated rings. The van der Waals surface area contributed by atoms with E-state index in [1.165, 1.54) is 22.8 Å². The van der Waals surface area contributed by atoms with Crippen LogP contribution in [0.25, 0.3) is 28.2 Å². The highest BCUT2D eigenvalue weighted by atomic mass is 19.1. The van der Waals surface area contributed by atoms with Gasteiger partial charge in [0, 0.05) is 29.9 Å². The van der Waals surface area contributed by atoms with E-state index < -0.39 is 23.3 Å². The molecule has 0 radical (unpaired) electrons. The number of aryl methyl sites for hydroxylation is 1. The summed E-state index contributed by atoms with van der Waals surface area (Å²) in [5.74, 6) is -3.51. The number of halogens is 3. The number of carbonyl (C=O) groups is 1. The Hall–Kier alpha value is -4.67. The smallest absolute Gasteiger partial charge is 0.257 e. The predicted octanol–water partition coefficient (Wildman–Crippen LogP) is 4.48. The number of hydrogen-bond acceptors (Lipinski definition) is 5. The van der Waals surface area contributed by atoms with Crippen molar-refractivity contribution in [3.05, 3.63) is 83.9 Å². The number of fused-ring (bicyclic) bond motifs is 1.